The molecule has 3 N–H and O–H groups in total. The lowest BCUT2D eigenvalue weighted by Crippen LogP contribution is -2.42. The molecule has 0 radical (unpaired) electrons. The molecule has 0 saturated heterocycles. The van der Waals surface area contributed by atoms with Gasteiger partial charge in [0.05, 0.1) is 11.9 Å². The molecule has 6 heteroatoms. The minimum absolute atomic E-state index is 0.350. The van der Waals surface area contributed by atoms with Gasteiger partial charge in [0.2, 0.25) is 10.0 Å². The molecule has 0 aliphatic heterocycles. The van der Waals surface area contributed by atoms with Gasteiger partial charge < -0.3 is 10.4 Å². The number of nitrogens with one attached hydrogen (secondary N) is 2. The molecule has 0 aromatic carbocycles. The summed E-state index contributed by atoms with van der Waals surface area (Å²) in [5, 5.41) is 12.9. The molecule has 0 spiro atoms. The van der Waals surface area contributed by atoms with Crippen molar-refractivity contribution in [3.05, 3.63) is 0 Å². The summed E-state index contributed by atoms with van der Waals surface area (Å²) in [6, 6.07) is 0. The van der Waals surface area contributed by atoms with Crippen LogP contribution in [0.5, 0.6) is 0 Å². The van der Waals surface area contributed by atoms with E-state index in [9.17, 15) is 13.5 Å². The van der Waals surface area contributed by atoms with E-state index in [4.69, 9.17) is 0 Å². The highest BCUT2D eigenvalue weighted by Gasteiger charge is 2.20. The Hall–Kier alpha value is -0.170. The molecule has 0 unspecified atom stereocenters. The first kappa shape index (κ1) is 14.8. The Bertz CT molecular complexity index is 261. The molecule has 5 nitrogen and oxygen atoms in total. The lowest BCUT2D eigenvalue weighted by Gasteiger charge is -2.25. The van der Waals surface area contributed by atoms with Crippen LogP contribution in [0.4, 0.5) is 0 Å². The highest BCUT2D eigenvalue weighted by Crippen LogP contribution is 2.12. The molecular formula is C9H22N2O3S. The fourth-order valence-electron chi connectivity index (χ4n) is 1.15. The molecule has 0 aliphatic rings. The second kappa shape index (κ2) is 6.42. The van der Waals surface area contributed by atoms with E-state index < -0.39 is 15.6 Å². The van der Waals surface area contributed by atoms with Crippen LogP contribution in [-0.2, 0) is 10.0 Å². The minimum atomic E-state index is -3.10. The largest absolute Gasteiger partial charge is 0.389 e. The third-order valence-corrected chi connectivity index (χ3v) is 3.16. The molecule has 0 heterocycles. The Labute approximate surface area is 92.3 Å². The van der Waals surface area contributed by atoms with E-state index in [-0.39, 0.29) is 0 Å². The molecule has 0 aliphatic carbocycles. The molecule has 0 aromatic rings. The summed E-state index contributed by atoms with van der Waals surface area (Å²) in [5.74, 6) is 0. The first-order chi connectivity index (χ1) is 6.83. The number of hydrogen-bond acceptors (Lipinski definition) is 4. The summed E-state index contributed by atoms with van der Waals surface area (Å²) in [7, 11) is -3.10. The van der Waals surface area contributed by atoms with Gasteiger partial charge in [0.1, 0.15) is 0 Å². The van der Waals surface area contributed by atoms with E-state index in [1.54, 1.807) is 0 Å². The quantitative estimate of drug-likeness (QED) is 0.506. The van der Waals surface area contributed by atoms with Crippen LogP contribution >= 0.6 is 0 Å². The van der Waals surface area contributed by atoms with Crippen molar-refractivity contribution in [1.29, 1.82) is 0 Å². The molecule has 0 aromatic heterocycles. The Kier molecular flexibility index (Phi) is 6.35. The van der Waals surface area contributed by atoms with E-state index in [0.717, 1.165) is 6.26 Å². The van der Waals surface area contributed by atoms with Crippen molar-refractivity contribution in [2.75, 3.05) is 25.9 Å². The molecule has 0 saturated carbocycles. The second-order valence-electron chi connectivity index (χ2n) is 3.77. The van der Waals surface area contributed by atoms with Crippen LogP contribution in [0.1, 0.15) is 26.7 Å². The summed E-state index contributed by atoms with van der Waals surface area (Å²) < 4.78 is 23.8. The van der Waals surface area contributed by atoms with E-state index in [1.807, 2.05) is 13.8 Å². The van der Waals surface area contributed by atoms with Gasteiger partial charge >= 0.3 is 0 Å². The first-order valence-corrected chi connectivity index (χ1v) is 7.10. The van der Waals surface area contributed by atoms with Gasteiger partial charge in [-0.2, -0.15) is 0 Å². The Morgan fingerprint density at radius 2 is 1.73 bits per heavy atom. The Balaban J connectivity index is 3.63. The van der Waals surface area contributed by atoms with Crippen LogP contribution < -0.4 is 10.0 Å². The Morgan fingerprint density at radius 3 is 2.13 bits per heavy atom. The molecule has 15 heavy (non-hydrogen) atoms. The monoisotopic (exact) mass is 238 g/mol. The highest BCUT2D eigenvalue weighted by molar-refractivity contribution is 7.88. The second-order valence-corrected chi connectivity index (χ2v) is 5.61. The third kappa shape index (κ3) is 7.72. The molecule has 0 bridgehead atoms. The van der Waals surface area contributed by atoms with Gasteiger partial charge in [-0.25, -0.2) is 13.1 Å². The maximum Gasteiger partial charge on any atom is 0.208 e. The van der Waals surface area contributed by atoms with E-state index in [2.05, 4.69) is 10.0 Å². The van der Waals surface area contributed by atoms with Crippen molar-refractivity contribution in [2.24, 2.45) is 0 Å². The van der Waals surface area contributed by atoms with Crippen molar-refractivity contribution in [3.63, 3.8) is 0 Å². The van der Waals surface area contributed by atoms with Crippen molar-refractivity contribution in [3.8, 4) is 0 Å². The number of aliphatic hydroxyl groups is 1. The number of rotatable bonds is 8. The fraction of sp³-hybridized carbons (Fsp3) is 1.00. The summed E-state index contributed by atoms with van der Waals surface area (Å²) in [6.45, 7) is 5.23. The predicted octanol–water partition coefficient (Wildman–Crippen LogP) is -0.324. The maximum atomic E-state index is 10.7. The van der Waals surface area contributed by atoms with Gasteiger partial charge in [-0.05, 0) is 12.8 Å². The summed E-state index contributed by atoms with van der Waals surface area (Å²) in [5.41, 5.74) is -0.676. The van der Waals surface area contributed by atoms with Gasteiger partial charge in [0.25, 0.3) is 0 Å². The van der Waals surface area contributed by atoms with Gasteiger partial charge in [0.15, 0.2) is 0 Å². The maximum absolute atomic E-state index is 10.7. The van der Waals surface area contributed by atoms with Gasteiger partial charge in [0, 0.05) is 19.6 Å². The summed E-state index contributed by atoms with van der Waals surface area (Å²) in [4.78, 5) is 0. The lowest BCUT2D eigenvalue weighted by molar-refractivity contribution is 0.0329. The van der Waals surface area contributed by atoms with Gasteiger partial charge in [-0.15, -0.1) is 0 Å². The van der Waals surface area contributed by atoms with Crippen molar-refractivity contribution in [1.82, 2.24) is 10.0 Å². The van der Waals surface area contributed by atoms with Gasteiger partial charge in [-0.1, -0.05) is 13.8 Å². The predicted molar refractivity (Wildman–Crippen MR) is 61.2 cm³/mol. The van der Waals surface area contributed by atoms with Crippen molar-refractivity contribution >= 4 is 10.0 Å². The lowest BCUT2D eigenvalue weighted by atomic mass is 9.98. The third-order valence-electron chi connectivity index (χ3n) is 2.44. The zero-order valence-corrected chi connectivity index (χ0v) is 10.5. The van der Waals surface area contributed by atoms with Crippen LogP contribution in [0, 0.1) is 0 Å². The zero-order valence-electron chi connectivity index (χ0n) is 9.71. The molecular weight excluding hydrogens is 216 g/mol. The average Bonchev–Trinajstić information content (AvgIpc) is 2.15. The SMILES string of the molecule is CCC(O)(CC)CNCCNS(C)(=O)=O. The van der Waals surface area contributed by atoms with Crippen LogP contribution in [-0.4, -0.2) is 45.0 Å². The van der Waals surface area contributed by atoms with Crippen molar-refractivity contribution in [2.45, 2.75) is 32.3 Å². The molecule has 0 fully saturated rings. The molecule has 92 valence electrons. The molecule has 0 atom stereocenters. The average molecular weight is 238 g/mol. The number of hydrogen-bond donors (Lipinski definition) is 3. The normalized spacial score (nSPS) is 13.1. The zero-order chi connectivity index (χ0) is 11.9. The van der Waals surface area contributed by atoms with Gasteiger partial charge in [-0.3, -0.25) is 0 Å². The molecule has 0 rings (SSSR count). The van der Waals surface area contributed by atoms with E-state index in [0.29, 0.717) is 32.5 Å². The van der Waals surface area contributed by atoms with Crippen molar-refractivity contribution < 1.29 is 13.5 Å². The molecule has 0 amide bonds. The van der Waals surface area contributed by atoms with Crippen LogP contribution in [0.25, 0.3) is 0 Å². The van der Waals surface area contributed by atoms with Crippen LogP contribution in [0.2, 0.25) is 0 Å². The van der Waals surface area contributed by atoms with E-state index in [1.165, 1.54) is 0 Å². The number of sulfonamides is 1. The standard InChI is InChI=1S/C9H22N2O3S/c1-4-9(12,5-2)8-10-6-7-11-15(3,13)14/h10-12H,4-8H2,1-3H3. The summed E-state index contributed by atoms with van der Waals surface area (Å²) >= 11 is 0. The fourth-order valence-corrected chi connectivity index (χ4v) is 1.62. The smallest absolute Gasteiger partial charge is 0.208 e. The summed E-state index contributed by atoms with van der Waals surface area (Å²) in [6.07, 6.45) is 2.51. The highest BCUT2D eigenvalue weighted by atomic mass is 32.2. The topological polar surface area (TPSA) is 78.4 Å². The van der Waals surface area contributed by atoms with Crippen LogP contribution in [0.15, 0.2) is 0 Å². The minimum Gasteiger partial charge on any atom is -0.389 e. The van der Waals surface area contributed by atoms with E-state index >= 15 is 0 Å². The van der Waals surface area contributed by atoms with Crippen LogP contribution in [0.3, 0.4) is 0 Å². The Morgan fingerprint density at radius 1 is 1.20 bits per heavy atom. The first-order valence-electron chi connectivity index (χ1n) is 5.20.